The fourth-order valence-corrected chi connectivity index (χ4v) is 8.45. The van der Waals surface area contributed by atoms with E-state index in [2.05, 4.69) is 69.6 Å². The van der Waals surface area contributed by atoms with Gasteiger partial charge in [-0.3, -0.25) is 0 Å². The molecule has 0 N–H and O–H groups in total. The topological polar surface area (TPSA) is 40.0 Å². The maximum atomic E-state index is 6.76. The van der Waals surface area contributed by atoms with Gasteiger partial charge in [0.2, 0.25) is 8.32 Å². The third kappa shape index (κ3) is 4.53. The van der Waals surface area contributed by atoms with Crippen LogP contribution in [0.5, 0.6) is 5.75 Å². The second-order valence-corrected chi connectivity index (χ2v) is 21.0. The molecule has 3 aliphatic rings. The van der Waals surface area contributed by atoms with E-state index in [0.29, 0.717) is 17.8 Å². The lowest BCUT2D eigenvalue weighted by molar-refractivity contribution is -0.00511. The number of aryl methyl sites for hydroxylation is 1. The average Bonchev–Trinajstić information content (AvgIpc) is 2.91. The Morgan fingerprint density at radius 2 is 1.77 bits per heavy atom. The zero-order chi connectivity index (χ0) is 22.6. The van der Waals surface area contributed by atoms with Crippen LogP contribution in [0.15, 0.2) is 23.4 Å². The van der Waals surface area contributed by atoms with Crippen molar-refractivity contribution >= 4 is 22.3 Å². The number of hydrogen-bond acceptors (Lipinski definition) is 4. The molecule has 4 rings (SSSR count). The van der Waals surface area contributed by atoms with Crippen molar-refractivity contribution in [1.82, 2.24) is 0 Å². The normalized spacial score (nSPS) is 34.1. The van der Waals surface area contributed by atoms with Crippen LogP contribution in [-0.4, -0.2) is 35.6 Å². The molecule has 4 nitrogen and oxygen atoms in total. The van der Waals surface area contributed by atoms with E-state index in [1.54, 1.807) is 12.7 Å². The largest absolute Gasteiger partial charge is 0.544 e. The van der Waals surface area contributed by atoms with E-state index in [1.807, 2.05) is 0 Å². The van der Waals surface area contributed by atoms with Crippen LogP contribution in [0, 0.1) is 17.3 Å². The van der Waals surface area contributed by atoms with Crippen molar-refractivity contribution in [2.75, 3.05) is 7.11 Å². The monoisotopic (exact) mass is 459 g/mol. The van der Waals surface area contributed by atoms with Crippen LogP contribution >= 0.6 is 0 Å². The van der Waals surface area contributed by atoms with Crippen molar-refractivity contribution in [1.29, 1.82) is 0 Å². The maximum absolute atomic E-state index is 6.76. The third-order valence-corrected chi connectivity index (χ3v) is 9.36. The minimum Gasteiger partial charge on any atom is -0.544 e. The molecule has 0 aromatic heterocycles. The summed E-state index contributed by atoms with van der Waals surface area (Å²) in [5.74, 6) is 3.04. The van der Waals surface area contributed by atoms with Gasteiger partial charge >= 0.3 is 0 Å². The molecule has 1 aromatic carbocycles. The first kappa shape index (κ1) is 23.1. The Morgan fingerprint density at radius 1 is 1.03 bits per heavy atom. The van der Waals surface area contributed by atoms with E-state index in [-0.39, 0.29) is 11.5 Å². The van der Waals surface area contributed by atoms with Gasteiger partial charge in [0.05, 0.1) is 11.8 Å². The fourth-order valence-electron chi connectivity index (χ4n) is 6.51. The Morgan fingerprint density at radius 3 is 2.42 bits per heavy atom. The highest BCUT2D eigenvalue weighted by molar-refractivity contribution is 6.70. The van der Waals surface area contributed by atoms with Crippen LogP contribution in [0.2, 0.25) is 39.3 Å². The highest BCUT2D eigenvalue weighted by Gasteiger charge is 2.58. The van der Waals surface area contributed by atoms with Crippen molar-refractivity contribution in [3.63, 3.8) is 0 Å². The van der Waals surface area contributed by atoms with E-state index in [1.165, 1.54) is 24.8 Å². The van der Waals surface area contributed by atoms with Gasteiger partial charge in [-0.1, -0.05) is 18.1 Å². The lowest BCUT2D eigenvalue weighted by Gasteiger charge is -2.51. The molecule has 0 spiro atoms. The van der Waals surface area contributed by atoms with Crippen molar-refractivity contribution in [2.24, 2.45) is 22.4 Å². The summed E-state index contributed by atoms with van der Waals surface area (Å²) in [6, 6.07) is 6.93. The first-order valence-electron chi connectivity index (χ1n) is 12.0. The molecule has 0 saturated heterocycles. The van der Waals surface area contributed by atoms with Crippen molar-refractivity contribution in [3.8, 4) is 5.75 Å². The summed E-state index contributed by atoms with van der Waals surface area (Å²) in [5, 5.41) is 4.49. The van der Waals surface area contributed by atoms with E-state index in [9.17, 15) is 0 Å². The predicted molar refractivity (Wildman–Crippen MR) is 133 cm³/mol. The van der Waals surface area contributed by atoms with E-state index >= 15 is 0 Å². The standard InChI is InChI=1S/C25H41NO3Si2/c1-25-14-13-20-19-12-10-18(28-30(3,4)5)15-17(19)9-11-21(20)22(25)16-23(26-27-2)24(25)29-31(6,7)8/h10,12,15,20-22,24H,9,11,13-14,16H2,1-8H3/b26-23+/t20-,21-,22+,24+,25+/m1/s1. The molecule has 1 aromatic rings. The van der Waals surface area contributed by atoms with Crippen LogP contribution < -0.4 is 4.43 Å². The van der Waals surface area contributed by atoms with Gasteiger partial charge < -0.3 is 13.7 Å². The van der Waals surface area contributed by atoms with Crippen LogP contribution in [0.1, 0.15) is 49.7 Å². The predicted octanol–water partition coefficient (Wildman–Crippen LogP) is 6.59. The molecule has 2 saturated carbocycles. The van der Waals surface area contributed by atoms with Crippen LogP contribution in [0.4, 0.5) is 0 Å². The number of oxime groups is 1. The Bertz CT molecular complexity index is 857. The Balaban J connectivity index is 1.62. The molecule has 0 aliphatic heterocycles. The number of nitrogens with zero attached hydrogens (tertiary/aromatic N) is 1. The maximum Gasteiger partial charge on any atom is 0.242 e. The van der Waals surface area contributed by atoms with Gasteiger partial charge in [0.15, 0.2) is 8.32 Å². The summed E-state index contributed by atoms with van der Waals surface area (Å²) in [4.78, 5) is 5.28. The van der Waals surface area contributed by atoms with Gasteiger partial charge in [0.1, 0.15) is 12.9 Å². The highest BCUT2D eigenvalue weighted by atomic mass is 28.4. The molecule has 0 bridgehead atoms. The SMILES string of the molecule is CO/N=C1\C[C@H]2[C@@H]3CCc4cc(O[Si](C)(C)C)ccc4[C@H]3CC[C@]2(C)[C@H]1O[Si](C)(C)C. The summed E-state index contributed by atoms with van der Waals surface area (Å²) in [6.45, 7) is 16.1. The summed E-state index contributed by atoms with van der Waals surface area (Å²) in [5.41, 5.74) is 4.39. The lowest BCUT2D eigenvalue weighted by Crippen LogP contribution is -2.48. The van der Waals surface area contributed by atoms with Crippen molar-refractivity contribution < 1.29 is 13.7 Å². The third-order valence-electron chi connectivity index (χ3n) is 7.57. The summed E-state index contributed by atoms with van der Waals surface area (Å²) >= 11 is 0. The quantitative estimate of drug-likeness (QED) is 0.368. The first-order chi connectivity index (χ1) is 14.4. The molecule has 3 aliphatic carbocycles. The number of fused-ring (bicyclic) bond motifs is 5. The molecule has 172 valence electrons. The molecule has 0 unspecified atom stereocenters. The summed E-state index contributed by atoms with van der Waals surface area (Å²) in [6.07, 6.45) is 5.98. The minimum atomic E-state index is -1.69. The molecule has 0 radical (unpaired) electrons. The number of benzene rings is 1. The fraction of sp³-hybridized carbons (Fsp3) is 0.720. The summed E-state index contributed by atoms with van der Waals surface area (Å²) < 4.78 is 13.1. The van der Waals surface area contributed by atoms with Gasteiger partial charge in [-0.15, -0.1) is 0 Å². The summed E-state index contributed by atoms with van der Waals surface area (Å²) in [7, 11) is -1.61. The number of hydrogen-bond donors (Lipinski definition) is 0. The second kappa shape index (κ2) is 8.03. The van der Waals surface area contributed by atoms with Crippen LogP contribution in [0.25, 0.3) is 0 Å². The zero-order valence-corrected chi connectivity index (χ0v) is 22.7. The Hall–Kier alpha value is -1.12. The molecular weight excluding hydrogens is 418 g/mol. The van der Waals surface area contributed by atoms with Gasteiger partial charge in [0, 0.05) is 5.41 Å². The van der Waals surface area contributed by atoms with Crippen molar-refractivity contribution in [3.05, 3.63) is 29.3 Å². The smallest absolute Gasteiger partial charge is 0.242 e. The molecule has 0 heterocycles. The molecular formula is C25H41NO3Si2. The molecule has 31 heavy (non-hydrogen) atoms. The molecule has 2 fully saturated rings. The zero-order valence-electron chi connectivity index (χ0n) is 20.7. The van der Waals surface area contributed by atoms with Gasteiger partial charge in [0.25, 0.3) is 0 Å². The Kier molecular flexibility index (Phi) is 5.97. The first-order valence-corrected chi connectivity index (χ1v) is 18.8. The van der Waals surface area contributed by atoms with Crippen molar-refractivity contribution in [2.45, 2.75) is 90.3 Å². The molecule has 5 atom stereocenters. The van der Waals surface area contributed by atoms with E-state index < -0.39 is 16.6 Å². The highest BCUT2D eigenvalue weighted by Crippen LogP contribution is 2.61. The van der Waals surface area contributed by atoms with E-state index in [0.717, 1.165) is 24.3 Å². The number of rotatable bonds is 5. The lowest BCUT2D eigenvalue weighted by atomic mass is 9.55. The Labute approximate surface area is 191 Å². The second-order valence-electron chi connectivity index (χ2n) is 12.1. The van der Waals surface area contributed by atoms with E-state index in [4.69, 9.17) is 13.7 Å². The van der Waals surface area contributed by atoms with Gasteiger partial charge in [-0.05, 0) is 112 Å². The van der Waals surface area contributed by atoms with Gasteiger partial charge in [-0.2, -0.15) is 0 Å². The molecule has 6 heteroatoms. The van der Waals surface area contributed by atoms with Crippen LogP contribution in [-0.2, 0) is 15.7 Å². The van der Waals surface area contributed by atoms with Gasteiger partial charge in [-0.25, -0.2) is 0 Å². The molecule has 0 amide bonds. The van der Waals surface area contributed by atoms with Crippen LogP contribution in [0.3, 0.4) is 0 Å². The minimum absolute atomic E-state index is 0.110. The average molecular weight is 460 g/mol.